The molecule has 2 heterocycles. The number of amides is 2. The summed E-state index contributed by atoms with van der Waals surface area (Å²) in [4.78, 5) is 30.2. The van der Waals surface area contributed by atoms with E-state index in [2.05, 4.69) is 5.32 Å². The minimum absolute atomic E-state index is 0.140. The number of carbonyl (C=O) groups excluding carboxylic acids is 2. The molecule has 2 aromatic heterocycles. The summed E-state index contributed by atoms with van der Waals surface area (Å²) in [6.45, 7) is 0. The van der Waals surface area contributed by atoms with Crippen molar-refractivity contribution in [2.45, 2.75) is 50.6 Å². The van der Waals surface area contributed by atoms with Crippen LogP contribution in [0.15, 0.2) is 60.1 Å². The molecular formula is C26H31N3O3S. The summed E-state index contributed by atoms with van der Waals surface area (Å²) in [7, 11) is 3.49. The number of thiophene rings is 1. The first kappa shape index (κ1) is 23.1. The Morgan fingerprint density at radius 2 is 1.91 bits per heavy atom. The molecule has 33 heavy (non-hydrogen) atoms. The summed E-state index contributed by atoms with van der Waals surface area (Å²) < 4.78 is 7.52. The molecule has 1 aromatic carbocycles. The lowest BCUT2D eigenvalue weighted by Crippen LogP contribution is -2.48. The third kappa shape index (κ3) is 5.30. The summed E-state index contributed by atoms with van der Waals surface area (Å²) in [5, 5.41) is 5.21. The van der Waals surface area contributed by atoms with Gasteiger partial charge in [0.25, 0.3) is 0 Å². The number of rotatable bonds is 8. The van der Waals surface area contributed by atoms with Gasteiger partial charge in [-0.15, -0.1) is 11.3 Å². The zero-order chi connectivity index (χ0) is 23.2. The molecule has 1 N–H and O–H groups in total. The minimum Gasteiger partial charge on any atom is -0.495 e. The molecule has 1 aliphatic rings. The Hall–Kier alpha value is -3.06. The fourth-order valence-electron chi connectivity index (χ4n) is 4.56. The molecule has 174 valence electrons. The average molecular weight is 466 g/mol. The van der Waals surface area contributed by atoms with E-state index in [0.717, 1.165) is 36.3 Å². The second-order valence-electron chi connectivity index (χ2n) is 8.48. The predicted octanol–water partition coefficient (Wildman–Crippen LogP) is 4.86. The molecule has 6 nitrogen and oxygen atoms in total. The zero-order valence-corrected chi connectivity index (χ0v) is 20.0. The quantitative estimate of drug-likeness (QED) is 0.517. The first-order valence-corrected chi connectivity index (χ1v) is 12.4. The molecule has 1 aliphatic carbocycles. The van der Waals surface area contributed by atoms with Gasteiger partial charge in [0, 0.05) is 24.2 Å². The number of ether oxygens (including phenoxy) is 1. The van der Waals surface area contributed by atoms with Gasteiger partial charge in [0.15, 0.2) is 6.04 Å². The molecule has 0 bridgehead atoms. The van der Waals surface area contributed by atoms with Crippen molar-refractivity contribution in [1.82, 2.24) is 9.88 Å². The molecule has 1 unspecified atom stereocenters. The lowest BCUT2D eigenvalue weighted by atomic mass is 9.95. The van der Waals surface area contributed by atoms with Crippen molar-refractivity contribution in [2.24, 2.45) is 7.05 Å². The number of hydrogen-bond acceptors (Lipinski definition) is 4. The number of para-hydroxylation sites is 2. The van der Waals surface area contributed by atoms with Crippen molar-refractivity contribution in [3.05, 3.63) is 70.7 Å². The fraction of sp³-hybridized carbons (Fsp3) is 0.385. The molecule has 3 aromatic rings. The minimum atomic E-state index is -0.810. The number of hydrogen-bond donors (Lipinski definition) is 1. The second-order valence-corrected chi connectivity index (χ2v) is 9.51. The highest BCUT2D eigenvalue weighted by Gasteiger charge is 2.36. The largest absolute Gasteiger partial charge is 0.495 e. The second kappa shape index (κ2) is 10.7. The number of aromatic nitrogens is 1. The van der Waals surface area contributed by atoms with Crippen LogP contribution in [-0.2, 0) is 23.1 Å². The zero-order valence-electron chi connectivity index (χ0n) is 19.2. The van der Waals surface area contributed by atoms with Gasteiger partial charge < -0.3 is 14.6 Å². The molecule has 0 spiro atoms. The maximum atomic E-state index is 13.8. The van der Waals surface area contributed by atoms with Gasteiger partial charge in [-0.05, 0) is 48.6 Å². The molecule has 2 amide bonds. The van der Waals surface area contributed by atoms with E-state index < -0.39 is 6.04 Å². The van der Waals surface area contributed by atoms with Crippen LogP contribution in [0.2, 0.25) is 0 Å². The molecule has 1 saturated carbocycles. The molecule has 0 saturated heterocycles. The topological polar surface area (TPSA) is 63.6 Å². The lowest BCUT2D eigenvalue weighted by molar-refractivity contribution is -0.127. The third-order valence-corrected chi connectivity index (χ3v) is 7.12. The van der Waals surface area contributed by atoms with Crippen molar-refractivity contribution in [3.63, 3.8) is 0 Å². The van der Waals surface area contributed by atoms with Crippen LogP contribution in [0.4, 0.5) is 5.69 Å². The third-order valence-electron chi connectivity index (χ3n) is 6.24. The Morgan fingerprint density at radius 1 is 1.12 bits per heavy atom. The number of nitrogens with zero attached hydrogens (tertiary/aromatic N) is 2. The summed E-state index contributed by atoms with van der Waals surface area (Å²) in [6.07, 6.45) is 7.52. The van der Waals surface area contributed by atoms with Gasteiger partial charge in [-0.2, -0.15) is 0 Å². The average Bonchev–Trinajstić information content (AvgIpc) is 3.49. The van der Waals surface area contributed by atoms with E-state index in [0.29, 0.717) is 11.4 Å². The maximum absolute atomic E-state index is 13.8. The highest BCUT2D eigenvalue weighted by atomic mass is 32.1. The van der Waals surface area contributed by atoms with Crippen LogP contribution in [0.25, 0.3) is 0 Å². The van der Waals surface area contributed by atoms with Crippen molar-refractivity contribution in [3.8, 4) is 5.75 Å². The van der Waals surface area contributed by atoms with E-state index in [1.54, 1.807) is 12.0 Å². The molecule has 1 fully saturated rings. The van der Waals surface area contributed by atoms with Crippen molar-refractivity contribution in [2.75, 3.05) is 12.0 Å². The Bertz CT molecular complexity index is 1070. The Balaban J connectivity index is 1.77. The summed E-state index contributed by atoms with van der Waals surface area (Å²) in [5.41, 5.74) is 1.35. The van der Waals surface area contributed by atoms with E-state index in [1.165, 1.54) is 17.8 Å². The van der Waals surface area contributed by atoms with Crippen LogP contribution in [0.5, 0.6) is 5.75 Å². The summed E-state index contributed by atoms with van der Waals surface area (Å²) in [5.74, 6) is 0.253. The van der Waals surface area contributed by atoms with E-state index in [-0.39, 0.29) is 24.3 Å². The van der Waals surface area contributed by atoms with Gasteiger partial charge in [0.2, 0.25) is 11.8 Å². The van der Waals surface area contributed by atoms with Crippen LogP contribution in [0.1, 0.15) is 48.7 Å². The van der Waals surface area contributed by atoms with Crippen LogP contribution < -0.4 is 15.0 Å². The standard InChI is InChI=1S/C26H31N3O3S/c1-28-16-8-14-22(28)25(26(31)27-19-10-4-3-5-11-19)29(21-13-6-7-15-23(21)32-2)24(30)18-20-12-9-17-33-20/h6-9,12-17,19,25H,3-5,10-11,18H2,1-2H3,(H,27,31). The van der Waals surface area contributed by atoms with Gasteiger partial charge in [-0.3, -0.25) is 14.5 Å². The first-order valence-electron chi connectivity index (χ1n) is 11.5. The number of aryl methyl sites for hydroxylation is 1. The number of nitrogens with one attached hydrogen (secondary N) is 1. The van der Waals surface area contributed by atoms with Gasteiger partial charge in [-0.25, -0.2) is 0 Å². The van der Waals surface area contributed by atoms with Gasteiger partial charge in [0.1, 0.15) is 5.75 Å². The molecule has 1 atom stereocenters. The normalized spacial score (nSPS) is 15.1. The van der Waals surface area contributed by atoms with Gasteiger partial charge in [0.05, 0.1) is 24.9 Å². The van der Waals surface area contributed by atoms with Crippen molar-refractivity contribution < 1.29 is 14.3 Å². The van der Waals surface area contributed by atoms with Crippen LogP contribution in [0.3, 0.4) is 0 Å². The summed E-state index contributed by atoms with van der Waals surface area (Å²) >= 11 is 1.54. The predicted molar refractivity (Wildman–Crippen MR) is 132 cm³/mol. The molecule has 0 aliphatic heterocycles. The van der Waals surface area contributed by atoms with E-state index in [1.807, 2.05) is 71.7 Å². The smallest absolute Gasteiger partial charge is 0.249 e. The van der Waals surface area contributed by atoms with E-state index in [9.17, 15) is 9.59 Å². The van der Waals surface area contributed by atoms with E-state index in [4.69, 9.17) is 4.74 Å². The number of benzene rings is 1. The number of carbonyl (C=O) groups is 2. The molecule has 7 heteroatoms. The van der Waals surface area contributed by atoms with Crippen LogP contribution >= 0.6 is 11.3 Å². The van der Waals surface area contributed by atoms with Crippen LogP contribution in [-0.4, -0.2) is 29.5 Å². The lowest BCUT2D eigenvalue weighted by Gasteiger charge is -2.34. The first-order chi connectivity index (χ1) is 16.1. The molecule has 0 radical (unpaired) electrons. The Kier molecular flexibility index (Phi) is 7.50. The maximum Gasteiger partial charge on any atom is 0.249 e. The SMILES string of the molecule is COc1ccccc1N(C(=O)Cc1cccs1)C(C(=O)NC1CCCCC1)c1cccn1C. The Labute approximate surface area is 199 Å². The van der Waals surface area contributed by atoms with E-state index >= 15 is 0 Å². The number of methoxy groups -OCH3 is 1. The highest BCUT2D eigenvalue weighted by molar-refractivity contribution is 7.10. The molecule has 4 rings (SSSR count). The monoisotopic (exact) mass is 465 g/mol. The highest BCUT2D eigenvalue weighted by Crippen LogP contribution is 2.36. The fourth-order valence-corrected chi connectivity index (χ4v) is 5.26. The van der Waals surface area contributed by atoms with Crippen molar-refractivity contribution in [1.29, 1.82) is 0 Å². The van der Waals surface area contributed by atoms with Gasteiger partial charge >= 0.3 is 0 Å². The van der Waals surface area contributed by atoms with Crippen molar-refractivity contribution >= 4 is 28.8 Å². The number of anilines is 1. The molecular weight excluding hydrogens is 434 g/mol. The summed E-state index contributed by atoms with van der Waals surface area (Å²) in [6, 6.07) is 14.4. The van der Waals surface area contributed by atoms with Gasteiger partial charge in [-0.1, -0.05) is 37.5 Å². The Morgan fingerprint density at radius 3 is 2.58 bits per heavy atom. The van der Waals surface area contributed by atoms with Crippen LogP contribution in [0, 0.1) is 0 Å².